The number of nitrogens with zero attached hydrogens (tertiary/aromatic N) is 1. The van der Waals surface area contributed by atoms with E-state index < -0.39 is 12.1 Å². The third-order valence-electron chi connectivity index (χ3n) is 3.86. The zero-order valence-electron chi connectivity index (χ0n) is 12.8. The van der Waals surface area contributed by atoms with Crippen molar-refractivity contribution in [2.45, 2.75) is 46.2 Å². The van der Waals surface area contributed by atoms with Crippen molar-refractivity contribution in [2.75, 3.05) is 4.90 Å². The minimum absolute atomic E-state index is 0.0301. The lowest BCUT2D eigenvalue weighted by Gasteiger charge is -2.40. The Hall–Kier alpha value is -1.36. The molecule has 0 saturated carbocycles. The Morgan fingerprint density at radius 2 is 2.00 bits per heavy atom. The van der Waals surface area contributed by atoms with Crippen molar-refractivity contribution in [3.63, 3.8) is 0 Å². The van der Waals surface area contributed by atoms with Gasteiger partial charge in [0.05, 0.1) is 0 Å². The van der Waals surface area contributed by atoms with Crippen molar-refractivity contribution in [3.05, 3.63) is 28.2 Å². The first-order chi connectivity index (χ1) is 9.86. The van der Waals surface area contributed by atoms with Crippen LogP contribution >= 0.6 is 15.9 Å². The second kappa shape index (κ2) is 6.18. The number of aryl methyl sites for hydroxylation is 1. The van der Waals surface area contributed by atoms with Gasteiger partial charge >= 0.3 is 0 Å². The summed E-state index contributed by atoms with van der Waals surface area (Å²) in [6.07, 6.45) is 0.599. The van der Waals surface area contributed by atoms with Crippen LogP contribution in [0.4, 0.5) is 5.69 Å². The first kappa shape index (κ1) is 16.0. The molecule has 5 heteroatoms. The first-order valence-electron chi connectivity index (χ1n) is 7.26. The highest BCUT2D eigenvalue weighted by atomic mass is 79.9. The number of hydrogen-bond donors (Lipinski definition) is 1. The number of piperazine rings is 1. The van der Waals surface area contributed by atoms with Gasteiger partial charge in [-0.2, -0.15) is 0 Å². The van der Waals surface area contributed by atoms with Gasteiger partial charge in [-0.05, 0) is 43.0 Å². The number of halogens is 1. The number of hydrogen-bond acceptors (Lipinski definition) is 2. The van der Waals surface area contributed by atoms with Crippen LogP contribution in [0.2, 0.25) is 0 Å². The molecule has 1 fully saturated rings. The molecule has 2 atom stereocenters. The zero-order valence-corrected chi connectivity index (χ0v) is 14.4. The number of benzene rings is 1. The van der Waals surface area contributed by atoms with Gasteiger partial charge in [0.1, 0.15) is 12.1 Å². The summed E-state index contributed by atoms with van der Waals surface area (Å²) in [6.45, 7) is 7.80. The fourth-order valence-corrected chi connectivity index (χ4v) is 2.93. The molecule has 4 nitrogen and oxygen atoms in total. The van der Waals surface area contributed by atoms with Gasteiger partial charge in [-0.25, -0.2) is 0 Å². The van der Waals surface area contributed by atoms with Crippen LogP contribution < -0.4 is 10.2 Å². The standard InChI is InChI=1S/C16H21BrN2O2/c1-5-13-16(21)19(14(9(2)3)15(20)18-13)11-6-7-12(17)10(4)8-11/h6-9,13-14H,5H2,1-4H3,(H,18,20). The van der Waals surface area contributed by atoms with E-state index in [2.05, 4.69) is 21.2 Å². The lowest BCUT2D eigenvalue weighted by atomic mass is 9.95. The SMILES string of the molecule is CCC1NC(=O)C(C(C)C)N(c2ccc(Br)c(C)c2)C1=O. The minimum Gasteiger partial charge on any atom is -0.342 e. The van der Waals surface area contributed by atoms with E-state index in [4.69, 9.17) is 0 Å². The summed E-state index contributed by atoms with van der Waals surface area (Å²) in [5.41, 5.74) is 1.83. The Balaban J connectivity index is 2.49. The molecule has 0 aromatic heterocycles. The molecular formula is C16H21BrN2O2. The van der Waals surface area contributed by atoms with E-state index in [0.29, 0.717) is 6.42 Å². The molecule has 0 radical (unpaired) electrons. The largest absolute Gasteiger partial charge is 0.342 e. The van der Waals surface area contributed by atoms with Crippen molar-refractivity contribution in [1.82, 2.24) is 5.32 Å². The first-order valence-corrected chi connectivity index (χ1v) is 8.05. The molecule has 2 amide bonds. The molecule has 0 bridgehead atoms. The van der Waals surface area contributed by atoms with Crippen molar-refractivity contribution in [3.8, 4) is 0 Å². The van der Waals surface area contributed by atoms with Gasteiger partial charge in [0.2, 0.25) is 11.8 Å². The van der Waals surface area contributed by atoms with Gasteiger partial charge in [-0.1, -0.05) is 36.7 Å². The Morgan fingerprint density at radius 3 is 2.52 bits per heavy atom. The van der Waals surface area contributed by atoms with Crippen LogP contribution in [0.1, 0.15) is 32.8 Å². The Morgan fingerprint density at radius 1 is 1.33 bits per heavy atom. The predicted octanol–water partition coefficient (Wildman–Crippen LogP) is 3.02. The highest BCUT2D eigenvalue weighted by Crippen LogP contribution is 2.29. The summed E-state index contributed by atoms with van der Waals surface area (Å²) in [6, 6.07) is 4.86. The molecule has 1 aromatic carbocycles. The maximum atomic E-state index is 12.7. The van der Waals surface area contributed by atoms with Gasteiger partial charge in [-0.15, -0.1) is 0 Å². The van der Waals surface area contributed by atoms with Gasteiger partial charge < -0.3 is 5.32 Å². The smallest absolute Gasteiger partial charge is 0.250 e. The van der Waals surface area contributed by atoms with E-state index in [1.165, 1.54) is 0 Å². The van der Waals surface area contributed by atoms with Crippen LogP contribution in [0.15, 0.2) is 22.7 Å². The molecule has 2 rings (SSSR count). The monoisotopic (exact) mass is 352 g/mol. The predicted molar refractivity (Wildman–Crippen MR) is 87.2 cm³/mol. The number of amides is 2. The summed E-state index contributed by atoms with van der Waals surface area (Å²) in [5, 5.41) is 2.83. The summed E-state index contributed by atoms with van der Waals surface area (Å²) >= 11 is 3.47. The molecular weight excluding hydrogens is 332 g/mol. The third-order valence-corrected chi connectivity index (χ3v) is 4.75. The molecule has 0 aliphatic carbocycles. The van der Waals surface area contributed by atoms with Gasteiger partial charge in [0, 0.05) is 10.2 Å². The van der Waals surface area contributed by atoms with E-state index in [1.807, 2.05) is 45.9 Å². The minimum atomic E-state index is -0.458. The topological polar surface area (TPSA) is 49.4 Å². The molecule has 1 saturated heterocycles. The molecule has 1 N–H and O–H groups in total. The van der Waals surface area contributed by atoms with Gasteiger partial charge in [0.25, 0.3) is 0 Å². The van der Waals surface area contributed by atoms with Crippen LogP contribution in [0.25, 0.3) is 0 Å². The van der Waals surface area contributed by atoms with Gasteiger partial charge in [0.15, 0.2) is 0 Å². The second-order valence-electron chi connectivity index (χ2n) is 5.80. The number of carbonyl (C=O) groups excluding carboxylic acids is 2. The molecule has 2 unspecified atom stereocenters. The molecule has 21 heavy (non-hydrogen) atoms. The van der Waals surface area contributed by atoms with Crippen LogP contribution in [0.3, 0.4) is 0 Å². The van der Waals surface area contributed by atoms with Crippen molar-refractivity contribution < 1.29 is 9.59 Å². The second-order valence-corrected chi connectivity index (χ2v) is 6.65. The fraction of sp³-hybridized carbons (Fsp3) is 0.500. The van der Waals surface area contributed by atoms with Crippen molar-refractivity contribution >= 4 is 33.4 Å². The molecule has 114 valence electrons. The molecule has 1 aliphatic heterocycles. The number of carbonyl (C=O) groups is 2. The quantitative estimate of drug-likeness (QED) is 0.908. The summed E-state index contributed by atoms with van der Waals surface area (Å²) < 4.78 is 0.994. The van der Waals surface area contributed by atoms with E-state index in [1.54, 1.807) is 4.90 Å². The van der Waals surface area contributed by atoms with Crippen LogP contribution in [0.5, 0.6) is 0 Å². The zero-order chi connectivity index (χ0) is 15.7. The Kier molecular flexibility index (Phi) is 4.71. The maximum absolute atomic E-state index is 12.7. The number of rotatable bonds is 3. The van der Waals surface area contributed by atoms with Crippen molar-refractivity contribution in [2.24, 2.45) is 5.92 Å². The van der Waals surface area contributed by atoms with Crippen LogP contribution in [-0.4, -0.2) is 23.9 Å². The molecule has 0 spiro atoms. The number of anilines is 1. The van der Waals surface area contributed by atoms with Crippen molar-refractivity contribution in [1.29, 1.82) is 0 Å². The molecule has 1 aromatic rings. The van der Waals surface area contributed by atoms with Crippen LogP contribution in [-0.2, 0) is 9.59 Å². The van der Waals surface area contributed by atoms with E-state index in [-0.39, 0.29) is 17.7 Å². The summed E-state index contributed by atoms with van der Waals surface area (Å²) in [4.78, 5) is 26.7. The third kappa shape index (κ3) is 2.98. The molecule has 1 aliphatic rings. The Labute approximate surface area is 134 Å². The lowest BCUT2D eigenvalue weighted by Crippen LogP contribution is -2.65. The van der Waals surface area contributed by atoms with Gasteiger partial charge in [-0.3, -0.25) is 14.5 Å². The average Bonchev–Trinajstić information content (AvgIpc) is 2.43. The number of nitrogens with one attached hydrogen (secondary N) is 1. The lowest BCUT2D eigenvalue weighted by molar-refractivity contribution is -0.134. The summed E-state index contributed by atoms with van der Waals surface area (Å²) in [5.74, 6) is -0.0507. The maximum Gasteiger partial charge on any atom is 0.250 e. The van der Waals surface area contributed by atoms with E-state index >= 15 is 0 Å². The summed E-state index contributed by atoms with van der Waals surface area (Å²) in [7, 11) is 0. The fourth-order valence-electron chi connectivity index (χ4n) is 2.69. The van der Waals surface area contributed by atoms with E-state index in [0.717, 1.165) is 15.7 Å². The van der Waals surface area contributed by atoms with Crippen LogP contribution in [0, 0.1) is 12.8 Å². The highest BCUT2D eigenvalue weighted by Gasteiger charge is 2.42. The normalized spacial score (nSPS) is 22.7. The van der Waals surface area contributed by atoms with E-state index in [9.17, 15) is 9.59 Å². The average molecular weight is 353 g/mol. The highest BCUT2D eigenvalue weighted by molar-refractivity contribution is 9.10. The molecule has 1 heterocycles. The Bertz CT molecular complexity index is 571.